The quantitative estimate of drug-likeness (QED) is 0.326. The fraction of sp³-hybridized carbons (Fsp3) is 0.321. The monoisotopic (exact) mass is 554 g/mol. The maximum absolute atomic E-state index is 13.8. The molecule has 184 valence electrons. The van der Waals surface area contributed by atoms with Crippen molar-refractivity contribution >= 4 is 31.9 Å². The summed E-state index contributed by atoms with van der Waals surface area (Å²) >= 11 is 3.38. The molecule has 3 aromatic rings. The number of hydrogen-bond acceptors (Lipinski definition) is 3. The number of benzene rings is 3. The fourth-order valence-electron chi connectivity index (χ4n) is 4.59. The van der Waals surface area contributed by atoms with Gasteiger partial charge in [-0.2, -0.15) is 4.31 Å². The third kappa shape index (κ3) is 6.81. The minimum atomic E-state index is -3.83. The zero-order chi connectivity index (χ0) is 24.7. The Labute approximate surface area is 216 Å². The van der Waals surface area contributed by atoms with E-state index in [0.29, 0.717) is 13.1 Å². The minimum absolute atomic E-state index is 0.164. The van der Waals surface area contributed by atoms with E-state index >= 15 is 0 Å². The molecule has 0 radical (unpaired) electrons. The Bertz CT molecular complexity index is 1150. The van der Waals surface area contributed by atoms with E-state index in [-0.39, 0.29) is 23.4 Å². The van der Waals surface area contributed by atoms with E-state index < -0.39 is 10.0 Å². The van der Waals surface area contributed by atoms with Gasteiger partial charge < -0.3 is 4.90 Å². The number of hydrogen-bond donors (Lipinski definition) is 0. The summed E-state index contributed by atoms with van der Waals surface area (Å²) in [5, 5.41) is 0. The number of sulfonamides is 1. The highest BCUT2D eigenvalue weighted by atomic mass is 79.9. The van der Waals surface area contributed by atoms with Crippen molar-refractivity contribution in [2.45, 2.75) is 56.1 Å². The van der Waals surface area contributed by atoms with Crippen LogP contribution in [0.4, 0.5) is 0 Å². The number of halogens is 1. The van der Waals surface area contributed by atoms with Crippen molar-refractivity contribution < 1.29 is 13.2 Å². The van der Waals surface area contributed by atoms with Gasteiger partial charge in [0.05, 0.1) is 11.4 Å². The Morgan fingerprint density at radius 3 is 1.80 bits per heavy atom. The molecule has 0 aliphatic heterocycles. The van der Waals surface area contributed by atoms with E-state index in [2.05, 4.69) is 15.9 Å². The summed E-state index contributed by atoms with van der Waals surface area (Å²) in [6.45, 7) is 0.680. The highest BCUT2D eigenvalue weighted by Gasteiger charge is 2.35. The lowest BCUT2D eigenvalue weighted by Crippen LogP contribution is -2.47. The van der Waals surface area contributed by atoms with Gasteiger partial charge in [0.15, 0.2) is 0 Å². The third-order valence-electron chi connectivity index (χ3n) is 6.48. The van der Waals surface area contributed by atoms with Crippen LogP contribution in [0.15, 0.2) is 94.3 Å². The minimum Gasteiger partial charge on any atom is -0.333 e. The van der Waals surface area contributed by atoms with Gasteiger partial charge in [-0.15, -0.1) is 0 Å². The van der Waals surface area contributed by atoms with Gasteiger partial charge in [-0.25, -0.2) is 8.42 Å². The number of carbonyl (C=O) groups excluding carboxylic acids is 1. The van der Waals surface area contributed by atoms with Gasteiger partial charge in [0, 0.05) is 23.6 Å². The molecule has 0 heterocycles. The summed E-state index contributed by atoms with van der Waals surface area (Å²) in [5.74, 6) is -0.191. The van der Waals surface area contributed by atoms with E-state index in [4.69, 9.17) is 0 Å². The van der Waals surface area contributed by atoms with Crippen LogP contribution < -0.4 is 0 Å². The van der Waals surface area contributed by atoms with E-state index in [1.165, 1.54) is 4.31 Å². The van der Waals surface area contributed by atoms with Crippen molar-refractivity contribution in [2.75, 3.05) is 6.54 Å². The Kier molecular flexibility index (Phi) is 8.76. The standard InChI is InChI=1S/C28H31BrN2O3S/c29-25-16-18-27(19-17-25)35(33,34)31(26-14-8-3-9-15-26)22-28(32)30(20-23-10-4-1-5-11-23)21-24-12-6-2-7-13-24/h1-2,4-7,10-13,16-19,26H,3,8-9,14-15,20-22H2. The molecule has 0 unspecified atom stereocenters. The van der Waals surface area contributed by atoms with Crippen molar-refractivity contribution in [1.29, 1.82) is 0 Å². The van der Waals surface area contributed by atoms with Crippen LogP contribution in [0.25, 0.3) is 0 Å². The van der Waals surface area contributed by atoms with Gasteiger partial charge in [0.1, 0.15) is 0 Å². The van der Waals surface area contributed by atoms with Crippen LogP contribution in [0.5, 0.6) is 0 Å². The second kappa shape index (κ2) is 12.0. The summed E-state index contributed by atoms with van der Waals surface area (Å²) in [5.41, 5.74) is 2.02. The van der Waals surface area contributed by atoms with Crippen molar-refractivity contribution in [1.82, 2.24) is 9.21 Å². The first-order valence-electron chi connectivity index (χ1n) is 12.1. The number of nitrogens with zero attached hydrogens (tertiary/aromatic N) is 2. The van der Waals surface area contributed by atoms with Crippen molar-refractivity contribution in [3.05, 3.63) is 101 Å². The highest BCUT2D eigenvalue weighted by molar-refractivity contribution is 9.10. The summed E-state index contributed by atoms with van der Waals surface area (Å²) in [4.78, 5) is 15.7. The zero-order valence-corrected chi connectivity index (χ0v) is 22.1. The van der Waals surface area contributed by atoms with Gasteiger partial charge >= 0.3 is 0 Å². The zero-order valence-electron chi connectivity index (χ0n) is 19.7. The molecule has 0 aromatic heterocycles. The normalized spacial score (nSPS) is 14.7. The summed E-state index contributed by atoms with van der Waals surface area (Å²) in [7, 11) is -3.83. The van der Waals surface area contributed by atoms with Crippen molar-refractivity contribution in [2.24, 2.45) is 0 Å². The molecule has 0 atom stereocenters. The summed E-state index contributed by atoms with van der Waals surface area (Å²) < 4.78 is 29.8. The Balaban J connectivity index is 1.63. The molecule has 1 saturated carbocycles. The average molecular weight is 556 g/mol. The van der Waals surface area contributed by atoms with Gasteiger partial charge in [-0.3, -0.25) is 4.79 Å². The predicted octanol–water partition coefficient (Wildman–Crippen LogP) is 6.00. The van der Waals surface area contributed by atoms with Gasteiger partial charge in [-0.1, -0.05) is 95.9 Å². The predicted molar refractivity (Wildman–Crippen MR) is 142 cm³/mol. The number of amides is 1. The molecule has 4 rings (SSSR count). The molecule has 0 saturated heterocycles. The lowest BCUT2D eigenvalue weighted by atomic mass is 9.95. The molecule has 35 heavy (non-hydrogen) atoms. The fourth-order valence-corrected chi connectivity index (χ4v) is 6.49. The maximum Gasteiger partial charge on any atom is 0.243 e. The first kappa shape index (κ1) is 25.6. The average Bonchev–Trinajstić information content (AvgIpc) is 2.88. The molecule has 0 bridgehead atoms. The van der Waals surface area contributed by atoms with Crippen LogP contribution >= 0.6 is 15.9 Å². The molecule has 3 aromatic carbocycles. The van der Waals surface area contributed by atoms with Crippen LogP contribution in [0.3, 0.4) is 0 Å². The topological polar surface area (TPSA) is 57.7 Å². The van der Waals surface area contributed by atoms with Crippen molar-refractivity contribution in [3.8, 4) is 0 Å². The van der Waals surface area contributed by atoms with E-state index in [0.717, 1.165) is 47.7 Å². The molecule has 1 fully saturated rings. The van der Waals surface area contributed by atoms with Crippen LogP contribution in [-0.2, 0) is 27.9 Å². The SMILES string of the molecule is O=C(CN(C1CCCCC1)S(=O)(=O)c1ccc(Br)cc1)N(Cc1ccccc1)Cc1ccccc1. The first-order chi connectivity index (χ1) is 16.9. The van der Waals surface area contributed by atoms with Crippen LogP contribution in [-0.4, -0.2) is 36.1 Å². The van der Waals surface area contributed by atoms with Crippen molar-refractivity contribution in [3.63, 3.8) is 0 Å². The molecule has 0 spiro atoms. The Morgan fingerprint density at radius 2 is 1.29 bits per heavy atom. The summed E-state index contributed by atoms with van der Waals surface area (Å²) in [6, 6.07) is 26.1. The highest BCUT2D eigenvalue weighted by Crippen LogP contribution is 2.29. The van der Waals surface area contributed by atoms with E-state index in [9.17, 15) is 13.2 Å². The second-order valence-electron chi connectivity index (χ2n) is 9.02. The molecule has 1 aliphatic carbocycles. The van der Waals surface area contributed by atoms with Crippen LogP contribution in [0.1, 0.15) is 43.2 Å². The Morgan fingerprint density at radius 1 is 0.771 bits per heavy atom. The molecule has 0 N–H and O–H groups in total. The van der Waals surface area contributed by atoms with Gasteiger partial charge in [0.25, 0.3) is 0 Å². The number of carbonyl (C=O) groups is 1. The Hall–Kier alpha value is -2.48. The third-order valence-corrected chi connectivity index (χ3v) is 8.92. The molecular weight excluding hydrogens is 524 g/mol. The molecule has 1 amide bonds. The summed E-state index contributed by atoms with van der Waals surface area (Å²) in [6.07, 6.45) is 4.61. The molecule has 7 heteroatoms. The van der Waals surface area contributed by atoms with E-state index in [1.807, 2.05) is 60.7 Å². The van der Waals surface area contributed by atoms with Crippen LogP contribution in [0.2, 0.25) is 0 Å². The lowest BCUT2D eigenvalue weighted by molar-refractivity contribution is -0.133. The smallest absolute Gasteiger partial charge is 0.243 e. The molecular formula is C28H31BrN2O3S. The first-order valence-corrected chi connectivity index (χ1v) is 14.3. The molecule has 1 aliphatic rings. The number of rotatable bonds is 9. The lowest BCUT2D eigenvalue weighted by Gasteiger charge is -2.34. The van der Waals surface area contributed by atoms with E-state index in [1.54, 1.807) is 29.2 Å². The van der Waals surface area contributed by atoms with Gasteiger partial charge in [-0.05, 0) is 48.2 Å². The molecule has 5 nitrogen and oxygen atoms in total. The van der Waals surface area contributed by atoms with Gasteiger partial charge in [0.2, 0.25) is 15.9 Å². The maximum atomic E-state index is 13.8. The largest absolute Gasteiger partial charge is 0.333 e. The van der Waals surface area contributed by atoms with Crippen LogP contribution in [0, 0.1) is 0 Å². The second-order valence-corrected chi connectivity index (χ2v) is 11.8.